The van der Waals surface area contributed by atoms with Gasteiger partial charge in [-0.05, 0) is 43.5 Å². The fourth-order valence-corrected chi connectivity index (χ4v) is 3.88. The number of carbonyl (C=O) groups excluding carboxylic acids is 2. The van der Waals surface area contributed by atoms with Gasteiger partial charge in [0.25, 0.3) is 5.91 Å². The molecule has 24 heavy (non-hydrogen) atoms. The van der Waals surface area contributed by atoms with E-state index in [2.05, 4.69) is 15.9 Å². The van der Waals surface area contributed by atoms with Gasteiger partial charge in [0.05, 0.1) is 0 Å². The molecule has 6 heteroatoms. The number of benzene rings is 1. The first-order chi connectivity index (χ1) is 11.5. The molecule has 130 valence electrons. The predicted molar refractivity (Wildman–Crippen MR) is 96.6 cm³/mol. The maximum atomic E-state index is 12.6. The summed E-state index contributed by atoms with van der Waals surface area (Å²) in [5.41, 5.74) is 6.69. The standard InChI is InChI=1S/C18H24BrN3O2/c19-15-6-4-13(5-7-15)17(23)21-8-10-22(11-9-21)18(24)14-2-1-3-16(20)12-14/h4-7,14,16H,1-3,8-12,20H2. The second kappa shape index (κ2) is 7.66. The topological polar surface area (TPSA) is 66.6 Å². The van der Waals surface area contributed by atoms with Crippen LogP contribution in [0.15, 0.2) is 28.7 Å². The van der Waals surface area contributed by atoms with Crippen LogP contribution in [-0.4, -0.2) is 53.8 Å². The molecule has 2 unspecified atom stereocenters. The lowest BCUT2D eigenvalue weighted by molar-refractivity contribution is -0.138. The summed E-state index contributed by atoms with van der Waals surface area (Å²) in [6.07, 6.45) is 3.82. The monoisotopic (exact) mass is 393 g/mol. The zero-order valence-corrected chi connectivity index (χ0v) is 15.4. The van der Waals surface area contributed by atoms with E-state index in [0.717, 1.165) is 30.2 Å². The minimum absolute atomic E-state index is 0.0364. The molecule has 1 saturated heterocycles. The number of carbonyl (C=O) groups is 2. The molecule has 2 N–H and O–H groups in total. The van der Waals surface area contributed by atoms with E-state index in [1.54, 1.807) is 0 Å². The number of rotatable bonds is 2. The maximum absolute atomic E-state index is 12.6. The van der Waals surface area contributed by atoms with Gasteiger partial charge in [-0.3, -0.25) is 9.59 Å². The molecule has 0 aromatic heterocycles. The quantitative estimate of drug-likeness (QED) is 0.837. The number of nitrogens with two attached hydrogens (primary N) is 1. The van der Waals surface area contributed by atoms with Crippen molar-refractivity contribution in [3.05, 3.63) is 34.3 Å². The molecule has 3 rings (SSSR count). The molecule has 1 aromatic carbocycles. The van der Waals surface area contributed by atoms with Gasteiger partial charge in [0.1, 0.15) is 0 Å². The lowest BCUT2D eigenvalue weighted by Crippen LogP contribution is -2.52. The summed E-state index contributed by atoms with van der Waals surface area (Å²) in [5, 5.41) is 0. The van der Waals surface area contributed by atoms with Crippen molar-refractivity contribution in [2.75, 3.05) is 26.2 Å². The van der Waals surface area contributed by atoms with E-state index in [4.69, 9.17) is 5.73 Å². The van der Waals surface area contributed by atoms with Gasteiger partial charge in [-0.25, -0.2) is 0 Å². The van der Waals surface area contributed by atoms with Crippen LogP contribution in [0.2, 0.25) is 0 Å². The Morgan fingerprint density at radius 1 is 1.00 bits per heavy atom. The highest BCUT2D eigenvalue weighted by atomic mass is 79.9. The van der Waals surface area contributed by atoms with Gasteiger partial charge in [0.15, 0.2) is 0 Å². The van der Waals surface area contributed by atoms with Crippen molar-refractivity contribution in [1.29, 1.82) is 0 Å². The Kier molecular flexibility index (Phi) is 5.56. The molecule has 1 saturated carbocycles. The van der Waals surface area contributed by atoms with Gasteiger partial charge >= 0.3 is 0 Å². The first kappa shape index (κ1) is 17.4. The van der Waals surface area contributed by atoms with Crippen molar-refractivity contribution in [3.8, 4) is 0 Å². The summed E-state index contributed by atoms with van der Waals surface area (Å²) in [4.78, 5) is 28.9. The zero-order valence-electron chi connectivity index (χ0n) is 13.8. The summed E-state index contributed by atoms with van der Waals surface area (Å²) in [5.74, 6) is 0.331. The SMILES string of the molecule is NC1CCCC(C(=O)N2CCN(C(=O)c3ccc(Br)cc3)CC2)C1. The van der Waals surface area contributed by atoms with E-state index in [9.17, 15) is 9.59 Å². The Bertz CT molecular complexity index is 597. The minimum atomic E-state index is 0.0364. The van der Waals surface area contributed by atoms with E-state index in [1.807, 2.05) is 34.1 Å². The fourth-order valence-electron chi connectivity index (χ4n) is 3.62. The first-order valence-electron chi connectivity index (χ1n) is 8.64. The van der Waals surface area contributed by atoms with Crippen molar-refractivity contribution in [2.45, 2.75) is 31.7 Å². The van der Waals surface area contributed by atoms with Crippen LogP contribution in [0, 0.1) is 5.92 Å². The molecular weight excluding hydrogens is 370 g/mol. The molecular formula is C18H24BrN3O2. The number of piperazine rings is 1. The van der Waals surface area contributed by atoms with Crippen LogP contribution in [0.1, 0.15) is 36.0 Å². The molecule has 1 aliphatic carbocycles. The highest BCUT2D eigenvalue weighted by Crippen LogP contribution is 2.25. The Balaban J connectivity index is 1.54. The molecule has 2 atom stereocenters. The number of hydrogen-bond acceptors (Lipinski definition) is 3. The third kappa shape index (κ3) is 3.98. The first-order valence-corrected chi connectivity index (χ1v) is 9.43. The lowest BCUT2D eigenvalue weighted by atomic mass is 9.85. The van der Waals surface area contributed by atoms with E-state index < -0.39 is 0 Å². The van der Waals surface area contributed by atoms with Crippen LogP contribution in [0.3, 0.4) is 0 Å². The zero-order chi connectivity index (χ0) is 17.1. The summed E-state index contributed by atoms with van der Waals surface area (Å²) < 4.78 is 0.958. The van der Waals surface area contributed by atoms with Gasteiger partial charge in [-0.2, -0.15) is 0 Å². The minimum Gasteiger partial charge on any atom is -0.339 e. The summed E-state index contributed by atoms with van der Waals surface area (Å²) in [7, 11) is 0. The number of hydrogen-bond donors (Lipinski definition) is 1. The predicted octanol–water partition coefficient (Wildman–Crippen LogP) is 2.25. The Morgan fingerprint density at radius 2 is 1.62 bits per heavy atom. The van der Waals surface area contributed by atoms with Crippen LogP contribution < -0.4 is 5.73 Å². The van der Waals surface area contributed by atoms with Crippen molar-refractivity contribution in [3.63, 3.8) is 0 Å². The van der Waals surface area contributed by atoms with Crippen LogP contribution >= 0.6 is 15.9 Å². The molecule has 2 aliphatic rings. The maximum Gasteiger partial charge on any atom is 0.253 e. The molecule has 2 amide bonds. The number of nitrogens with zero attached hydrogens (tertiary/aromatic N) is 2. The normalized spacial score (nSPS) is 24.8. The Hall–Kier alpha value is -1.40. The van der Waals surface area contributed by atoms with Gasteiger partial charge in [-0.15, -0.1) is 0 Å². The fraction of sp³-hybridized carbons (Fsp3) is 0.556. The van der Waals surface area contributed by atoms with Crippen molar-refractivity contribution < 1.29 is 9.59 Å². The summed E-state index contributed by atoms with van der Waals surface area (Å²) in [6, 6.07) is 7.56. The Labute approximate surface area is 151 Å². The third-order valence-electron chi connectivity index (χ3n) is 5.03. The molecule has 5 nitrogen and oxygen atoms in total. The van der Waals surface area contributed by atoms with Crippen LogP contribution in [-0.2, 0) is 4.79 Å². The van der Waals surface area contributed by atoms with Crippen LogP contribution in [0.25, 0.3) is 0 Å². The van der Waals surface area contributed by atoms with Crippen molar-refractivity contribution in [2.24, 2.45) is 11.7 Å². The van der Waals surface area contributed by atoms with Gasteiger partial charge in [-0.1, -0.05) is 22.4 Å². The molecule has 0 spiro atoms. The third-order valence-corrected chi connectivity index (χ3v) is 5.56. The van der Waals surface area contributed by atoms with E-state index in [0.29, 0.717) is 31.7 Å². The van der Waals surface area contributed by atoms with Crippen molar-refractivity contribution >= 4 is 27.7 Å². The summed E-state index contributed by atoms with van der Waals surface area (Å²) >= 11 is 3.38. The molecule has 1 aromatic rings. The highest BCUT2D eigenvalue weighted by Gasteiger charge is 2.31. The molecule has 0 radical (unpaired) electrons. The lowest BCUT2D eigenvalue weighted by Gasteiger charge is -2.37. The highest BCUT2D eigenvalue weighted by molar-refractivity contribution is 9.10. The molecule has 0 bridgehead atoms. The molecule has 1 aliphatic heterocycles. The number of amides is 2. The van der Waals surface area contributed by atoms with Gasteiger partial charge in [0, 0.05) is 48.2 Å². The van der Waals surface area contributed by atoms with Gasteiger partial charge in [0.2, 0.25) is 5.91 Å². The van der Waals surface area contributed by atoms with Crippen molar-refractivity contribution in [1.82, 2.24) is 9.80 Å². The second-order valence-corrected chi connectivity index (χ2v) is 7.66. The van der Waals surface area contributed by atoms with Gasteiger partial charge < -0.3 is 15.5 Å². The van der Waals surface area contributed by atoms with E-state index >= 15 is 0 Å². The van der Waals surface area contributed by atoms with Crippen LogP contribution in [0.4, 0.5) is 0 Å². The Morgan fingerprint density at radius 3 is 2.25 bits per heavy atom. The number of halogens is 1. The van der Waals surface area contributed by atoms with E-state index in [-0.39, 0.29) is 23.8 Å². The van der Waals surface area contributed by atoms with E-state index in [1.165, 1.54) is 0 Å². The smallest absolute Gasteiger partial charge is 0.253 e. The average Bonchev–Trinajstić information content (AvgIpc) is 2.61. The second-order valence-electron chi connectivity index (χ2n) is 6.75. The molecule has 1 heterocycles. The molecule has 2 fully saturated rings. The average molecular weight is 394 g/mol. The summed E-state index contributed by atoms with van der Waals surface area (Å²) in [6.45, 7) is 2.43. The van der Waals surface area contributed by atoms with Crippen LogP contribution in [0.5, 0.6) is 0 Å². The largest absolute Gasteiger partial charge is 0.339 e.